The maximum absolute atomic E-state index is 12.7. The number of carbonyl (C=O) groups excluding carboxylic acids is 2. The first kappa shape index (κ1) is 23.0. The molecule has 2 aromatic heterocycles. The summed E-state index contributed by atoms with van der Waals surface area (Å²) in [4.78, 5) is 29.9. The van der Waals surface area contributed by atoms with Crippen LogP contribution >= 0.6 is 0 Å². The molecule has 0 aliphatic heterocycles. The van der Waals surface area contributed by atoms with Gasteiger partial charge in [-0.15, -0.1) is 0 Å². The number of ether oxygens (including phenoxy) is 2. The van der Waals surface area contributed by atoms with Crippen molar-refractivity contribution >= 4 is 28.6 Å². The van der Waals surface area contributed by atoms with Crippen LogP contribution in [0.2, 0.25) is 0 Å². The molecule has 34 heavy (non-hydrogen) atoms. The summed E-state index contributed by atoms with van der Waals surface area (Å²) < 4.78 is 12.3. The lowest BCUT2D eigenvalue weighted by Gasteiger charge is -2.12. The van der Waals surface area contributed by atoms with E-state index in [0.717, 1.165) is 22.0 Å². The number of aromatic nitrogens is 3. The second-order valence-electron chi connectivity index (χ2n) is 7.81. The first-order valence-corrected chi connectivity index (χ1v) is 11.1. The minimum absolute atomic E-state index is 0.0888. The molecule has 0 spiro atoms. The van der Waals surface area contributed by atoms with Gasteiger partial charge in [-0.25, -0.2) is 9.78 Å². The van der Waals surface area contributed by atoms with Crippen molar-refractivity contribution in [2.75, 3.05) is 18.5 Å². The number of carbonyl (C=O) groups is 2. The Bertz CT molecular complexity index is 1330. The molecule has 8 heteroatoms. The average Bonchev–Trinajstić information content (AvgIpc) is 3.24. The number of rotatable bonds is 8. The summed E-state index contributed by atoms with van der Waals surface area (Å²) in [5.41, 5.74) is 3.07. The summed E-state index contributed by atoms with van der Waals surface area (Å²) in [6, 6.07) is 17.2. The maximum Gasteiger partial charge on any atom is 0.343 e. The molecule has 0 radical (unpaired) electrons. The average molecular weight is 459 g/mol. The molecule has 0 aliphatic carbocycles. The van der Waals surface area contributed by atoms with Crippen LogP contribution < -0.4 is 10.1 Å². The van der Waals surface area contributed by atoms with Gasteiger partial charge in [-0.3, -0.25) is 4.79 Å². The van der Waals surface area contributed by atoms with E-state index in [2.05, 4.69) is 15.4 Å². The van der Waals surface area contributed by atoms with Crippen LogP contribution in [0.25, 0.3) is 16.7 Å². The van der Waals surface area contributed by atoms with E-state index in [1.165, 1.54) is 10.9 Å². The van der Waals surface area contributed by atoms with Gasteiger partial charge in [0.15, 0.2) is 11.6 Å². The summed E-state index contributed by atoms with van der Waals surface area (Å²) >= 11 is 0. The van der Waals surface area contributed by atoms with Crippen molar-refractivity contribution in [2.24, 2.45) is 0 Å². The largest absolute Gasteiger partial charge is 0.493 e. The van der Waals surface area contributed by atoms with Crippen LogP contribution in [0.4, 0.5) is 5.82 Å². The second-order valence-corrected chi connectivity index (χ2v) is 7.81. The third kappa shape index (κ3) is 5.06. The first-order valence-electron chi connectivity index (χ1n) is 11.1. The molecule has 174 valence electrons. The molecule has 0 saturated heterocycles. The summed E-state index contributed by atoms with van der Waals surface area (Å²) in [5, 5.41) is 8.15. The SMILES string of the molecule is CCOC(=O)c1cnn(-c2cc(C)c3ccccc3n2)c1NC(=O)CCOc1ccc(C)cc1. The molecule has 0 atom stereocenters. The standard InChI is InChI=1S/C26H26N4O4/c1-4-33-26(32)21-16-27-30(23-15-18(3)20-7-5-6-8-22(20)28-23)25(21)29-24(31)13-14-34-19-11-9-17(2)10-12-19/h5-12,15-16H,4,13-14H2,1-3H3,(H,29,31). The van der Waals surface area contributed by atoms with Crippen molar-refractivity contribution in [3.8, 4) is 11.6 Å². The van der Waals surface area contributed by atoms with E-state index in [-0.39, 0.29) is 36.9 Å². The van der Waals surface area contributed by atoms with Gasteiger partial charge in [-0.1, -0.05) is 35.9 Å². The number of nitrogens with zero attached hydrogens (tertiary/aromatic N) is 3. The Morgan fingerprint density at radius 1 is 1.06 bits per heavy atom. The van der Waals surface area contributed by atoms with Crippen molar-refractivity contribution in [1.82, 2.24) is 14.8 Å². The van der Waals surface area contributed by atoms with Gasteiger partial charge in [0.05, 0.1) is 31.3 Å². The number of hydrogen-bond donors (Lipinski definition) is 1. The quantitative estimate of drug-likeness (QED) is 0.387. The van der Waals surface area contributed by atoms with Crippen molar-refractivity contribution in [3.05, 3.63) is 77.5 Å². The molecule has 2 aromatic carbocycles. The fourth-order valence-electron chi connectivity index (χ4n) is 3.53. The van der Waals surface area contributed by atoms with Gasteiger partial charge in [0.1, 0.15) is 11.3 Å². The van der Waals surface area contributed by atoms with Crippen molar-refractivity contribution < 1.29 is 19.1 Å². The number of hydrogen-bond acceptors (Lipinski definition) is 6. The van der Waals surface area contributed by atoms with E-state index in [0.29, 0.717) is 11.6 Å². The van der Waals surface area contributed by atoms with E-state index in [9.17, 15) is 9.59 Å². The number of para-hydroxylation sites is 1. The molecular weight excluding hydrogens is 432 g/mol. The number of nitrogens with one attached hydrogen (secondary N) is 1. The lowest BCUT2D eigenvalue weighted by atomic mass is 10.1. The number of pyridine rings is 1. The molecule has 4 rings (SSSR count). The number of fused-ring (bicyclic) bond motifs is 1. The van der Waals surface area contributed by atoms with Crippen LogP contribution in [0.15, 0.2) is 60.8 Å². The number of benzene rings is 2. The topological polar surface area (TPSA) is 95.3 Å². The van der Waals surface area contributed by atoms with Crippen molar-refractivity contribution in [1.29, 1.82) is 0 Å². The predicted octanol–water partition coefficient (Wildman–Crippen LogP) is 4.62. The molecule has 0 aliphatic rings. The highest BCUT2D eigenvalue weighted by Crippen LogP contribution is 2.24. The van der Waals surface area contributed by atoms with Crippen LogP contribution in [0, 0.1) is 13.8 Å². The van der Waals surface area contributed by atoms with Gasteiger partial charge in [-0.2, -0.15) is 9.78 Å². The van der Waals surface area contributed by atoms with Crippen LogP contribution in [0.3, 0.4) is 0 Å². The van der Waals surface area contributed by atoms with E-state index >= 15 is 0 Å². The Kier molecular flexibility index (Phi) is 6.87. The minimum atomic E-state index is -0.572. The van der Waals surface area contributed by atoms with Crippen LogP contribution in [-0.2, 0) is 9.53 Å². The predicted molar refractivity (Wildman–Crippen MR) is 129 cm³/mol. The summed E-state index contributed by atoms with van der Waals surface area (Å²) in [7, 11) is 0. The normalized spacial score (nSPS) is 10.8. The Morgan fingerprint density at radius 3 is 2.59 bits per heavy atom. The Balaban J connectivity index is 1.58. The lowest BCUT2D eigenvalue weighted by Crippen LogP contribution is -2.20. The van der Waals surface area contributed by atoms with Gasteiger partial charge < -0.3 is 14.8 Å². The van der Waals surface area contributed by atoms with E-state index in [1.807, 2.05) is 68.4 Å². The van der Waals surface area contributed by atoms with E-state index in [1.54, 1.807) is 6.92 Å². The van der Waals surface area contributed by atoms with E-state index in [4.69, 9.17) is 9.47 Å². The number of aryl methyl sites for hydroxylation is 2. The molecule has 8 nitrogen and oxygen atoms in total. The maximum atomic E-state index is 12.7. The zero-order valence-corrected chi connectivity index (χ0v) is 19.4. The summed E-state index contributed by atoms with van der Waals surface area (Å²) in [6.07, 6.45) is 1.47. The zero-order valence-electron chi connectivity index (χ0n) is 19.4. The molecule has 0 bridgehead atoms. The Hall–Kier alpha value is -4.20. The van der Waals surface area contributed by atoms with Gasteiger partial charge in [0.2, 0.25) is 5.91 Å². The molecule has 0 saturated carbocycles. The fraction of sp³-hybridized carbons (Fsp3) is 0.231. The minimum Gasteiger partial charge on any atom is -0.493 e. The highest BCUT2D eigenvalue weighted by molar-refractivity contribution is 6.00. The molecule has 1 N–H and O–H groups in total. The van der Waals surface area contributed by atoms with Crippen LogP contribution in [0.1, 0.15) is 34.8 Å². The Labute approximate surface area is 197 Å². The third-order valence-corrected chi connectivity index (χ3v) is 5.27. The fourth-order valence-corrected chi connectivity index (χ4v) is 3.53. The van der Waals surface area contributed by atoms with Crippen molar-refractivity contribution in [2.45, 2.75) is 27.2 Å². The van der Waals surface area contributed by atoms with Gasteiger partial charge in [0.25, 0.3) is 0 Å². The molecule has 1 amide bonds. The zero-order chi connectivity index (χ0) is 24.1. The van der Waals surface area contributed by atoms with Gasteiger partial charge in [0, 0.05) is 5.39 Å². The van der Waals surface area contributed by atoms with Crippen LogP contribution in [0.5, 0.6) is 5.75 Å². The van der Waals surface area contributed by atoms with E-state index < -0.39 is 5.97 Å². The summed E-state index contributed by atoms with van der Waals surface area (Å²) in [6.45, 7) is 6.08. The molecule has 4 aromatic rings. The molecule has 0 unspecified atom stereocenters. The number of amides is 1. The number of anilines is 1. The monoisotopic (exact) mass is 458 g/mol. The molecular formula is C26H26N4O4. The molecule has 0 fully saturated rings. The highest BCUT2D eigenvalue weighted by atomic mass is 16.5. The highest BCUT2D eigenvalue weighted by Gasteiger charge is 2.22. The summed E-state index contributed by atoms with van der Waals surface area (Å²) in [5.74, 6) is 0.486. The van der Waals surface area contributed by atoms with Crippen molar-refractivity contribution in [3.63, 3.8) is 0 Å². The van der Waals surface area contributed by atoms with Crippen LogP contribution in [-0.4, -0.2) is 39.9 Å². The molecule has 2 heterocycles. The lowest BCUT2D eigenvalue weighted by molar-refractivity contribution is -0.116. The third-order valence-electron chi connectivity index (χ3n) is 5.27. The number of esters is 1. The van der Waals surface area contributed by atoms with Gasteiger partial charge >= 0.3 is 5.97 Å². The smallest absolute Gasteiger partial charge is 0.343 e. The second kappa shape index (κ2) is 10.2. The first-order chi connectivity index (χ1) is 16.5. The van der Waals surface area contributed by atoms with Gasteiger partial charge in [-0.05, 0) is 50.6 Å². The Morgan fingerprint density at radius 2 is 1.82 bits per heavy atom.